The summed E-state index contributed by atoms with van der Waals surface area (Å²) in [5.41, 5.74) is 0. The van der Waals surface area contributed by atoms with Crippen LogP contribution in [-0.2, 0) is 10.0 Å². The Morgan fingerprint density at radius 3 is 2.71 bits per heavy atom. The van der Waals surface area contributed by atoms with Crippen molar-refractivity contribution in [3.05, 3.63) is 21.3 Å². The standard InChI is InChI=1S/C10H17ClN2O2S2/c1-3-12-6-7-17(14,15)13-8(2)9-4-5-10(11)16-9/h4-5,8,12-13H,3,6-7H2,1-2H3. The van der Waals surface area contributed by atoms with E-state index in [1.165, 1.54) is 11.3 Å². The molecule has 0 saturated carbocycles. The highest BCUT2D eigenvalue weighted by molar-refractivity contribution is 7.89. The van der Waals surface area contributed by atoms with Crippen molar-refractivity contribution in [2.24, 2.45) is 0 Å². The molecule has 98 valence electrons. The summed E-state index contributed by atoms with van der Waals surface area (Å²) >= 11 is 7.20. The number of hydrogen-bond donors (Lipinski definition) is 2. The molecule has 1 heterocycles. The first-order valence-electron chi connectivity index (χ1n) is 5.40. The van der Waals surface area contributed by atoms with Crippen molar-refractivity contribution >= 4 is 33.0 Å². The zero-order valence-electron chi connectivity index (χ0n) is 9.86. The molecule has 7 heteroatoms. The molecule has 4 nitrogen and oxygen atoms in total. The predicted molar refractivity (Wildman–Crippen MR) is 73.2 cm³/mol. The summed E-state index contributed by atoms with van der Waals surface area (Å²) in [5.74, 6) is 0.0876. The van der Waals surface area contributed by atoms with Gasteiger partial charge in [0.2, 0.25) is 10.0 Å². The van der Waals surface area contributed by atoms with Crippen LogP contribution in [0.1, 0.15) is 24.8 Å². The van der Waals surface area contributed by atoms with Gasteiger partial charge in [0.15, 0.2) is 0 Å². The molecular formula is C10H17ClN2O2S2. The van der Waals surface area contributed by atoms with Crippen molar-refractivity contribution in [1.82, 2.24) is 10.0 Å². The van der Waals surface area contributed by atoms with Crippen LogP contribution >= 0.6 is 22.9 Å². The van der Waals surface area contributed by atoms with Crippen molar-refractivity contribution in [1.29, 1.82) is 0 Å². The summed E-state index contributed by atoms with van der Waals surface area (Å²) in [6.45, 7) is 4.98. The lowest BCUT2D eigenvalue weighted by atomic mass is 10.3. The number of thiophene rings is 1. The monoisotopic (exact) mass is 296 g/mol. The minimum absolute atomic E-state index is 0.0876. The maximum absolute atomic E-state index is 11.7. The number of halogens is 1. The number of nitrogens with one attached hydrogen (secondary N) is 2. The topological polar surface area (TPSA) is 58.2 Å². The van der Waals surface area contributed by atoms with Crippen molar-refractivity contribution in [3.63, 3.8) is 0 Å². The molecule has 17 heavy (non-hydrogen) atoms. The third-order valence-corrected chi connectivity index (χ3v) is 5.04. The van der Waals surface area contributed by atoms with Crippen LogP contribution in [0.3, 0.4) is 0 Å². The van der Waals surface area contributed by atoms with Gasteiger partial charge in [0.1, 0.15) is 0 Å². The van der Waals surface area contributed by atoms with Crippen molar-refractivity contribution in [2.45, 2.75) is 19.9 Å². The van der Waals surface area contributed by atoms with Gasteiger partial charge in [-0.1, -0.05) is 18.5 Å². The van der Waals surface area contributed by atoms with Gasteiger partial charge in [-0.25, -0.2) is 13.1 Å². The van der Waals surface area contributed by atoms with Gasteiger partial charge >= 0.3 is 0 Å². The van der Waals surface area contributed by atoms with Crippen LogP contribution in [0.15, 0.2) is 12.1 Å². The second-order valence-electron chi connectivity index (χ2n) is 3.65. The number of hydrogen-bond acceptors (Lipinski definition) is 4. The average Bonchev–Trinajstić information content (AvgIpc) is 2.64. The number of rotatable bonds is 7. The highest BCUT2D eigenvalue weighted by Crippen LogP contribution is 2.26. The van der Waals surface area contributed by atoms with E-state index in [0.717, 1.165) is 11.4 Å². The molecule has 0 saturated heterocycles. The molecule has 0 aliphatic heterocycles. The summed E-state index contributed by atoms with van der Waals surface area (Å²) in [5, 5.41) is 2.98. The molecule has 0 aliphatic rings. The van der Waals surface area contributed by atoms with Crippen molar-refractivity contribution in [2.75, 3.05) is 18.8 Å². The second kappa shape index (κ2) is 6.70. The maximum Gasteiger partial charge on any atom is 0.213 e. The average molecular weight is 297 g/mol. The molecule has 0 amide bonds. The normalized spacial score (nSPS) is 13.8. The Morgan fingerprint density at radius 2 is 2.18 bits per heavy atom. The quantitative estimate of drug-likeness (QED) is 0.757. The van der Waals surface area contributed by atoms with Crippen LogP contribution in [0.5, 0.6) is 0 Å². The summed E-state index contributed by atoms with van der Waals surface area (Å²) < 4.78 is 26.7. The van der Waals surface area contributed by atoms with Gasteiger partial charge in [-0.05, 0) is 25.6 Å². The van der Waals surface area contributed by atoms with Crippen LogP contribution in [-0.4, -0.2) is 27.3 Å². The van der Waals surface area contributed by atoms with E-state index < -0.39 is 10.0 Å². The molecule has 0 aromatic carbocycles. The second-order valence-corrected chi connectivity index (χ2v) is 7.27. The molecule has 2 N–H and O–H groups in total. The first-order valence-corrected chi connectivity index (χ1v) is 8.25. The zero-order chi connectivity index (χ0) is 12.9. The molecule has 0 spiro atoms. The van der Waals surface area contributed by atoms with Crippen LogP contribution < -0.4 is 10.0 Å². The van der Waals surface area contributed by atoms with Crippen LogP contribution in [0.25, 0.3) is 0 Å². The summed E-state index contributed by atoms with van der Waals surface area (Å²) in [4.78, 5) is 0.919. The van der Waals surface area contributed by atoms with E-state index in [4.69, 9.17) is 11.6 Å². The van der Waals surface area contributed by atoms with Gasteiger partial charge in [-0.2, -0.15) is 0 Å². The minimum Gasteiger partial charge on any atom is -0.316 e. The van der Waals surface area contributed by atoms with Crippen LogP contribution in [0.4, 0.5) is 0 Å². The summed E-state index contributed by atoms with van der Waals surface area (Å²) in [6, 6.07) is 3.37. The molecule has 1 unspecified atom stereocenters. The van der Waals surface area contributed by atoms with Crippen molar-refractivity contribution < 1.29 is 8.42 Å². The minimum atomic E-state index is -3.24. The predicted octanol–water partition coefficient (Wildman–Crippen LogP) is 1.99. The molecule has 1 atom stereocenters. The summed E-state index contributed by atoms with van der Waals surface area (Å²) in [7, 11) is -3.24. The Bertz CT molecular complexity index is 445. The van der Waals surface area contributed by atoms with E-state index in [0.29, 0.717) is 10.9 Å². The van der Waals surface area contributed by atoms with Gasteiger partial charge in [0.05, 0.1) is 16.1 Å². The van der Waals surface area contributed by atoms with E-state index in [1.807, 2.05) is 19.9 Å². The molecule has 0 radical (unpaired) electrons. The molecule has 0 bridgehead atoms. The highest BCUT2D eigenvalue weighted by Gasteiger charge is 2.16. The van der Waals surface area contributed by atoms with Crippen LogP contribution in [0.2, 0.25) is 4.34 Å². The molecule has 1 rings (SSSR count). The van der Waals surface area contributed by atoms with Gasteiger partial charge in [-0.15, -0.1) is 11.3 Å². The lowest BCUT2D eigenvalue weighted by molar-refractivity contribution is 0.565. The Morgan fingerprint density at radius 1 is 1.47 bits per heavy atom. The molecule has 0 aliphatic carbocycles. The SMILES string of the molecule is CCNCCS(=O)(=O)NC(C)c1ccc(Cl)s1. The molecular weight excluding hydrogens is 280 g/mol. The van der Waals surface area contributed by atoms with Crippen LogP contribution in [0, 0.1) is 0 Å². The van der Waals surface area contributed by atoms with E-state index in [1.54, 1.807) is 6.07 Å². The smallest absolute Gasteiger partial charge is 0.213 e. The van der Waals surface area contributed by atoms with Gasteiger partial charge in [-0.3, -0.25) is 0 Å². The molecule has 0 fully saturated rings. The largest absolute Gasteiger partial charge is 0.316 e. The fourth-order valence-electron chi connectivity index (χ4n) is 1.33. The van der Waals surface area contributed by atoms with Gasteiger partial charge < -0.3 is 5.32 Å². The Hall–Kier alpha value is -0.140. The Balaban J connectivity index is 2.52. The third-order valence-electron chi connectivity index (χ3n) is 2.17. The zero-order valence-corrected chi connectivity index (χ0v) is 12.3. The van der Waals surface area contributed by atoms with Gasteiger partial charge in [0, 0.05) is 11.4 Å². The Labute approximate surface area is 111 Å². The summed E-state index contributed by atoms with van der Waals surface area (Å²) in [6.07, 6.45) is 0. The fourth-order valence-corrected chi connectivity index (χ4v) is 3.67. The maximum atomic E-state index is 11.7. The molecule has 1 aromatic heterocycles. The Kier molecular flexibility index (Phi) is 5.88. The fraction of sp³-hybridized carbons (Fsp3) is 0.600. The van der Waals surface area contributed by atoms with E-state index in [9.17, 15) is 8.42 Å². The lowest BCUT2D eigenvalue weighted by Gasteiger charge is -2.12. The molecule has 1 aromatic rings. The van der Waals surface area contributed by atoms with E-state index in [2.05, 4.69) is 10.0 Å². The highest BCUT2D eigenvalue weighted by atomic mass is 35.5. The van der Waals surface area contributed by atoms with E-state index >= 15 is 0 Å². The van der Waals surface area contributed by atoms with Crippen molar-refractivity contribution in [3.8, 4) is 0 Å². The number of sulfonamides is 1. The third kappa shape index (κ3) is 5.35. The lowest BCUT2D eigenvalue weighted by Crippen LogP contribution is -2.33. The first kappa shape index (κ1) is 14.9. The van der Waals surface area contributed by atoms with E-state index in [-0.39, 0.29) is 11.8 Å². The van der Waals surface area contributed by atoms with Gasteiger partial charge in [0.25, 0.3) is 0 Å². The first-order chi connectivity index (χ1) is 7.94.